The number of hydrogen-bond acceptors (Lipinski definition) is 6. The zero-order valence-electron chi connectivity index (χ0n) is 8.69. The van der Waals surface area contributed by atoms with E-state index in [1.54, 1.807) is 0 Å². The molecule has 0 aliphatic carbocycles. The predicted molar refractivity (Wildman–Crippen MR) is 60.4 cm³/mol. The van der Waals surface area contributed by atoms with Crippen molar-refractivity contribution in [3.05, 3.63) is 10.4 Å². The summed E-state index contributed by atoms with van der Waals surface area (Å²) in [5.41, 5.74) is 5.65. The summed E-state index contributed by atoms with van der Waals surface area (Å²) in [6, 6.07) is 0. The summed E-state index contributed by atoms with van der Waals surface area (Å²) >= 11 is 0. The number of nitrogens with zero attached hydrogens (tertiary/aromatic N) is 2. The molecule has 7 heteroatoms. The van der Waals surface area contributed by atoms with Gasteiger partial charge in [0, 0.05) is 13.0 Å². The molecule has 0 amide bonds. The van der Waals surface area contributed by atoms with E-state index in [0.717, 1.165) is 12.7 Å². The zero-order chi connectivity index (χ0) is 11.5. The number of rotatable bonds is 4. The molecule has 0 radical (unpaired) electrons. The van der Waals surface area contributed by atoms with Gasteiger partial charge < -0.3 is 20.7 Å². The molecule has 1 aromatic rings. The van der Waals surface area contributed by atoms with Gasteiger partial charge in [0.05, 0.1) is 6.67 Å². The Labute approximate surface area is 91.7 Å². The van der Waals surface area contributed by atoms with Crippen LogP contribution in [0, 0.1) is 0 Å². The Morgan fingerprint density at radius 2 is 2.38 bits per heavy atom. The first-order valence-electron chi connectivity index (χ1n) is 5.04. The van der Waals surface area contributed by atoms with Crippen molar-refractivity contribution < 1.29 is 4.79 Å². The van der Waals surface area contributed by atoms with Crippen LogP contribution in [0.3, 0.4) is 0 Å². The highest BCUT2D eigenvalue weighted by atomic mass is 16.1. The molecule has 0 saturated carbocycles. The van der Waals surface area contributed by atoms with Crippen LogP contribution in [0.5, 0.6) is 0 Å². The summed E-state index contributed by atoms with van der Waals surface area (Å²) in [6.45, 7) is 1.20. The fraction of sp³-hybridized carbons (Fsp3) is 0.444. The first-order valence-corrected chi connectivity index (χ1v) is 5.04. The van der Waals surface area contributed by atoms with Gasteiger partial charge in [0.2, 0.25) is 5.95 Å². The minimum absolute atomic E-state index is 0.104. The van der Waals surface area contributed by atoms with E-state index in [9.17, 15) is 9.59 Å². The Morgan fingerprint density at radius 3 is 3.12 bits per heavy atom. The van der Waals surface area contributed by atoms with Crippen LogP contribution in [0.25, 0.3) is 0 Å². The molecule has 1 aliphatic rings. The number of hydrogen-bond donors (Lipinski definition) is 3. The smallest absolute Gasteiger partial charge is 0.277 e. The van der Waals surface area contributed by atoms with E-state index in [0.29, 0.717) is 31.1 Å². The number of anilines is 3. The van der Waals surface area contributed by atoms with Gasteiger partial charge in [-0.1, -0.05) is 0 Å². The lowest BCUT2D eigenvalue weighted by molar-refractivity contribution is -0.107. The van der Waals surface area contributed by atoms with Crippen molar-refractivity contribution in [1.82, 2.24) is 9.97 Å². The Morgan fingerprint density at radius 1 is 1.56 bits per heavy atom. The molecule has 4 N–H and O–H groups in total. The minimum atomic E-state index is -0.264. The summed E-state index contributed by atoms with van der Waals surface area (Å²) in [4.78, 5) is 30.1. The molecule has 86 valence electrons. The third-order valence-electron chi connectivity index (χ3n) is 2.41. The van der Waals surface area contributed by atoms with Crippen molar-refractivity contribution in [2.24, 2.45) is 0 Å². The van der Waals surface area contributed by atoms with Crippen LogP contribution in [-0.2, 0) is 4.79 Å². The fourth-order valence-electron chi connectivity index (χ4n) is 1.67. The second kappa shape index (κ2) is 4.21. The Hall–Kier alpha value is -2.05. The van der Waals surface area contributed by atoms with Crippen LogP contribution in [0.2, 0.25) is 0 Å². The van der Waals surface area contributed by atoms with Gasteiger partial charge in [0.15, 0.2) is 5.82 Å². The summed E-state index contributed by atoms with van der Waals surface area (Å²) in [7, 11) is 0. The van der Waals surface area contributed by atoms with Gasteiger partial charge in [-0.3, -0.25) is 9.78 Å². The van der Waals surface area contributed by atoms with E-state index in [1.807, 2.05) is 4.90 Å². The molecule has 1 aliphatic heterocycles. The van der Waals surface area contributed by atoms with Crippen molar-refractivity contribution in [2.45, 2.75) is 12.8 Å². The third kappa shape index (κ3) is 1.83. The highest BCUT2D eigenvalue weighted by Crippen LogP contribution is 2.25. The van der Waals surface area contributed by atoms with Gasteiger partial charge in [-0.15, -0.1) is 0 Å². The minimum Gasteiger partial charge on any atom is -0.369 e. The molecule has 0 unspecified atom stereocenters. The van der Waals surface area contributed by atoms with E-state index in [-0.39, 0.29) is 11.5 Å². The van der Waals surface area contributed by atoms with Crippen molar-refractivity contribution in [1.29, 1.82) is 0 Å². The number of aldehydes is 1. The Bertz CT molecular complexity index is 456. The average molecular weight is 223 g/mol. The largest absolute Gasteiger partial charge is 0.369 e. The molecule has 0 fully saturated rings. The molecule has 1 aromatic heterocycles. The number of nitrogen functional groups attached to an aromatic ring is 1. The van der Waals surface area contributed by atoms with E-state index < -0.39 is 0 Å². The number of nitrogens with one attached hydrogen (secondary N) is 2. The molecule has 7 nitrogen and oxygen atoms in total. The van der Waals surface area contributed by atoms with E-state index in [2.05, 4.69) is 15.3 Å². The fourth-order valence-corrected chi connectivity index (χ4v) is 1.67. The lowest BCUT2D eigenvalue weighted by Gasteiger charge is -2.15. The first-order chi connectivity index (χ1) is 7.72. The molecule has 0 atom stereocenters. The predicted octanol–water partition coefficient (Wildman–Crippen LogP) is -0.479. The van der Waals surface area contributed by atoms with Gasteiger partial charge in [-0.05, 0) is 6.42 Å². The van der Waals surface area contributed by atoms with Gasteiger partial charge in [-0.2, -0.15) is 4.98 Å². The summed E-state index contributed by atoms with van der Waals surface area (Å²) < 4.78 is 0. The SMILES string of the molecule is Nc1nc2c(c(=O)[nH]1)NCN2CCCC=O. The highest BCUT2D eigenvalue weighted by Gasteiger charge is 2.22. The van der Waals surface area contributed by atoms with Gasteiger partial charge in [-0.25, -0.2) is 0 Å². The summed E-state index contributed by atoms with van der Waals surface area (Å²) in [6.07, 6.45) is 2.12. The average Bonchev–Trinajstić information content (AvgIpc) is 2.62. The molecule has 0 bridgehead atoms. The van der Waals surface area contributed by atoms with Crippen LogP contribution in [-0.4, -0.2) is 29.5 Å². The second-order valence-corrected chi connectivity index (χ2v) is 3.56. The van der Waals surface area contributed by atoms with E-state index in [1.165, 1.54) is 0 Å². The second-order valence-electron chi connectivity index (χ2n) is 3.56. The van der Waals surface area contributed by atoms with E-state index in [4.69, 9.17) is 5.73 Å². The molecule has 0 saturated heterocycles. The van der Waals surface area contributed by atoms with Crippen molar-refractivity contribution in [2.75, 3.05) is 29.2 Å². The highest BCUT2D eigenvalue weighted by molar-refractivity contribution is 5.70. The molecule has 2 heterocycles. The molecule has 0 spiro atoms. The third-order valence-corrected chi connectivity index (χ3v) is 2.41. The topological polar surface area (TPSA) is 104 Å². The zero-order valence-corrected chi connectivity index (χ0v) is 8.69. The van der Waals surface area contributed by atoms with Crippen molar-refractivity contribution in [3.63, 3.8) is 0 Å². The van der Waals surface area contributed by atoms with Crippen LogP contribution in [0.15, 0.2) is 4.79 Å². The molecular formula is C9H13N5O2. The monoisotopic (exact) mass is 223 g/mol. The van der Waals surface area contributed by atoms with Crippen molar-refractivity contribution in [3.8, 4) is 0 Å². The molecule has 2 rings (SSSR count). The number of H-pyrrole nitrogens is 1. The number of unbranched alkanes of at least 4 members (excludes halogenated alkanes) is 1. The number of nitrogens with two attached hydrogens (primary N) is 1. The van der Waals surface area contributed by atoms with E-state index >= 15 is 0 Å². The number of fused-ring (bicyclic) bond motifs is 1. The van der Waals surface area contributed by atoms with Crippen LogP contribution in [0.1, 0.15) is 12.8 Å². The van der Waals surface area contributed by atoms with Crippen LogP contribution < -0.4 is 21.5 Å². The summed E-state index contributed by atoms with van der Waals surface area (Å²) in [5.74, 6) is 0.667. The van der Waals surface area contributed by atoms with Gasteiger partial charge >= 0.3 is 0 Å². The van der Waals surface area contributed by atoms with Crippen LogP contribution in [0.4, 0.5) is 17.5 Å². The Balaban J connectivity index is 2.19. The number of carbonyl (C=O) groups excluding carboxylic acids is 1. The number of aromatic nitrogens is 2. The summed E-state index contributed by atoms with van der Waals surface area (Å²) in [5, 5.41) is 2.95. The first kappa shape index (κ1) is 10.5. The maximum atomic E-state index is 11.5. The lowest BCUT2D eigenvalue weighted by atomic mass is 10.3. The number of aromatic amines is 1. The maximum Gasteiger partial charge on any atom is 0.277 e. The number of carbonyl (C=O) groups is 1. The molecular weight excluding hydrogens is 210 g/mol. The van der Waals surface area contributed by atoms with Gasteiger partial charge in [0.25, 0.3) is 5.56 Å². The molecule has 0 aromatic carbocycles. The standard InChI is InChI=1S/C9H13N5O2/c10-9-12-7-6(8(16)13-9)11-5-14(7)3-1-2-4-15/h4,11H,1-3,5H2,(H3,10,12,13,16). The van der Waals surface area contributed by atoms with Crippen LogP contribution >= 0.6 is 0 Å². The van der Waals surface area contributed by atoms with Gasteiger partial charge in [0.1, 0.15) is 12.0 Å². The normalized spacial score (nSPS) is 13.4. The quantitative estimate of drug-likeness (QED) is 0.470. The molecule has 16 heavy (non-hydrogen) atoms. The maximum absolute atomic E-state index is 11.5. The van der Waals surface area contributed by atoms with Crippen molar-refractivity contribution >= 4 is 23.7 Å². The Kier molecular flexibility index (Phi) is 2.76. The lowest BCUT2D eigenvalue weighted by Crippen LogP contribution is -2.24.